The third kappa shape index (κ3) is 3.61. The number of imidazole rings is 1. The Hall–Kier alpha value is -2.54. The summed E-state index contributed by atoms with van der Waals surface area (Å²) < 4.78 is 16.0. The highest BCUT2D eigenvalue weighted by atomic mass is 32.1. The van der Waals surface area contributed by atoms with Crippen molar-refractivity contribution in [2.24, 2.45) is 0 Å². The number of carbonyl (C=O) groups is 1. The number of hydrogen-bond donors (Lipinski definition) is 1. The molecule has 1 aromatic carbocycles. The Labute approximate surface area is 149 Å². The minimum absolute atomic E-state index is 0.111. The average Bonchev–Trinajstić information content (AvgIpc) is 3.16. The van der Waals surface area contributed by atoms with Gasteiger partial charge in [0.25, 0.3) is 5.91 Å². The molecule has 2 aromatic heterocycles. The lowest BCUT2D eigenvalue weighted by Gasteiger charge is -2.13. The number of nitrogens with zero attached hydrogens (tertiary/aromatic N) is 3. The van der Waals surface area contributed by atoms with Crippen molar-refractivity contribution in [3.05, 3.63) is 58.3 Å². The van der Waals surface area contributed by atoms with Crippen LogP contribution in [0.1, 0.15) is 41.3 Å². The standard InChI is InChI=1S/C18H19FN4OS/c1-11-20-7-8-23(11)14-6-5-12(9-13(14)19)22-16(24)15-10-21-17(25-15)18(2,3)4/h5-10H,1-4H3,(H,22,24). The third-order valence-electron chi connectivity index (χ3n) is 3.66. The van der Waals surface area contributed by atoms with E-state index in [-0.39, 0.29) is 11.3 Å². The number of anilines is 1. The average molecular weight is 358 g/mol. The Balaban J connectivity index is 1.79. The van der Waals surface area contributed by atoms with Crippen molar-refractivity contribution in [3.63, 3.8) is 0 Å². The molecule has 1 amide bonds. The molecule has 3 aromatic rings. The molecule has 25 heavy (non-hydrogen) atoms. The summed E-state index contributed by atoms with van der Waals surface area (Å²) in [5.74, 6) is -0.0346. The summed E-state index contributed by atoms with van der Waals surface area (Å²) >= 11 is 1.35. The Kier molecular flexibility index (Phi) is 4.43. The van der Waals surface area contributed by atoms with Crippen LogP contribution in [0.25, 0.3) is 5.69 Å². The lowest BCUT2D eigenvalue weighted by Crippen LogP contribution is -2.11. The molecule has 0 radical (unpaired) electrons. The fourth-order valence-electron chi connectivity index (χ4n) is 2.33. The van der Waals surface area contributed by atoms with E-state index in [9.17, 15) is 9.18 Å². The number of thiazole rings is 1. The topological polar surface area (TPSA) is 59.8 Å². The van der Waals surface area contributed by atoms with E-state index in [1.54, 1.807) is 42.2 Å². The maximum atomic E-state index is 14.4. The van der Waals surface area contributed by atoms with Crippen LogP contribution < -0.4 is 5.32 Å². The van der Waals surface area contributed by atoms with Crippen molar-refractivity contribution in [2.75, 3.05) is 5.32 Å². The zero-order valence-electron chi connectivity index (χ0n) is 14.5. The molecular weight excluding hydrogens is 339 g/mol. The number of rotatable bonds is 3. The minimum atomic E-state index is -0.432. The highest BCUT2D eigenvalue weighted by molar-refractivity contribution is 7.13. The fourth-order valence-corrected chi connectivity index (χ4v) is 3.20. The molecule has 0 aliphatic heterocycles. The zero-order chi connectivity index (χ0) is 18.2. The first-order valence-corrected chi connectivity index (χ1v) is 8.65. The van der Waals surface area contributed by atoms with Gasteiger partial charge in [-0.05, 0) is 25.1 Å². The van der Waals surface area contributed by atoms with Gasteiger partial charge in [0.05, 0.1) is 16.9 Å². The lowest BCUT2D eigenvalue weighted by atomic mass is 9.98. The maximum Gasteiger partial charge on any atom is 0.267 e. The number of benzene rings is 1. The molecule has 0 saturated heterocycles. The van der Waals surface area contributed by atoms with E-state index in [4.69, 9.17) is 0 Å². The fraction of sp³-hybridized carbons (Fsp3) is 0.278. The number of amides is 1. The summed E-state index contributed by atoms with van der Waals surface area (Å²) in [7, 11) is 0. The maximum absolute atomic E-state index is 14.4. The third-order valence-corrected chi connectivity index (χ3v) is 5.08. The minimum Gasteiger partial charge on any atom is -0.321 e. The molecule has 2 heterocycles. The van der Waals surface area contributed by atoms with Crippen molar-refractivity contribution in [1.82, 2.24) is 14.5 Å². The number of aromatic nitrogens is 3. The summed E-state index contributed by atoms with van der Waals surface area (Å²) in [6.45, 7) is 7.92. The van der Waals surface area contributed by atoms with E-state index < -0.39 is 5.82 Å². The van der Waals surface area contributed by atoms with Gasteiger partial charge in [0, 0.05) is 23.5 Å². The summed E-state index contributed by atoms with van der Waals surface area (Å²) in [4.78, 5) is 21.2. The van der Waals surface area contributed by atoms with Crippen LogP contribution >= 0.6 is 11.3 Å². The van der Waals surface area contributed by atoms with Gasteiger partial charge in [-0.15, -0.1) is 11.3 Å². The second-order valence-electron chi connectivity index (χ2n) is 6.74. The normalized spacial score (nSPS) is 11.6. The van der Waals surface area contributed by atoms with Crippen LogP contribution in [0.3, 0.4) is 0 Å². The van der Waals surface area contributed by atoms with Crippen molar-refractivity contribution < 1.29 is 9.18 Å². The monoisotopic (exact) mass is 358 g/mol. The van der Waals surface area contributed by atoms with Crippen LogP contribution in [0.4, 0.5) is 10.1 Å². The van der Waals surface area contributed by atoms with E-state index >= 15 is 0 Å². The van der Waals surface area contributed by atoms with Gasteiger partial charge < -0.3 is 9.88 Å². The highest BCUT2D eigenvalue weighted by Gasteiger charge is 2.20. The van der Waals surface area contributed by atoms with E-state index in [0.29, 0.717) is 22.1 Å². The van der Waals surface area contributed by atoms with Crippen LogP contribution in [0.2, 0.25) is 0 Å². The molecule has 0 spiro atoms. The number of nitrogens with one attached hydrogen (secondary N) is 1. The molecule has 0 fully saturated rings. The van der Waals surface area contributed by atoms with Gasteiger partial charge in [-0.1, -0.05) is 20.8 Å². The van der Waals surface area contributed by atoms with Gasteiger partial charge in [0.15, 0.2) is 0 Å². The molecule has 7 heteroatoms. The smallest absolute Gasteiger partial charge is 0.267 e. The SMILES string of the molecule is Cc1nccn1-c1ccc(NC(=O)c2cnc(C(C)(C)C)s2)cc1F. The first kappa shape index (κ1) is 17.3. The quantitative estimate of drug-likeness (QED) is 0.758. The van der Waals surface area contributed by atoms with Gasteiger partial charge in [0.1, 0.15) is 16.5 Å². The van der Waals surface area contributed by atoms with Gasteiger partial charge >= 0.3 is 0 Å². The molecule has 130 valence electrons. The molecule has 0 aliphatic carbocycles. The van der Waals surface area contributed by atoms with E-state index in [1.165, 1.54) is 17.4 Å². The Morgan fingerprint density at radius 1 is 1.28 bits per heavy atom. The van der Waals surface area contributed by atoms with E-state index in [0.717, 1.165) is 5.01 Å². The predicted octanol–water partition coefficient (Wildman–Crippen LogP) is 4.33. The number of aryl methyl sites for hydroxylation is 1. The van der Waals surface area contributed by atoms with Crippen LogP contribution in [0, 0.1) is 12.7 Å². The second-order valence-corrected chi connectivity index (χ2v) is 7.78. The van der Waals surface area contributed by atoms with Gasteiger partial charge in [0.2, 0.25) is 0 Å². The van der Waals surface area contributed by atoms with Crippen molar-refractivity contribution in [1.29, 1.82) is 0 Å². The van der Waals surface area contributed by atoms with E-state index in [1.807, 2.05) is 20.8 Å². The molecule has 3 rings (SSSR count). The summed E-state index contributed by atoms with van der Waals surface area (Å²) in [6, 6.07) is 4.59. The number of carbonyl (C=O) groups excluding carboxylic acids is 1. The van der Waals surface area contributed by atoms with Gasteiger partial charge in [-0.2, -0.15) is 0 Å². The molecule has 0 bridgehead atoms. The van der Waals surface area contributed by atoms with Gasteiger partial charge in [-0.25, -0.2) is 14.4 Å². The zero-order valence-corrected chi connectivity index (χ0v) is 15.3. The predicted molar refractivity (Wildman–Crippen MR) is 97.0 cm³/mol. The molecule has 0 atom stereocenters. The number of halogens is 1. The molecule has 0 aliphatic rings. The van der Waals surface area contributed by atoms with Crippen molar-refractivity contribution in [2.45, 2.75) is 33.1 Å². The van der Waals surface area contributed by atoms with Gasteiger partial charge in [-0.3, -0.25) is 4.79 Å². The summed E-state index contributed by atoms with van der Waals surface area (Å²) in [6.07, 6.45) is 4.86. The molecule has 0 saturated carbocycles. The first-order chi connectivity index (χ1) is 11.8. The molecule has 5 nitrogen and oxygen atoms in total. The number of hydrogen-bond acceptors (Lipinski definition) is 4. The molecular formula is C18H19FN4OS. The lowest BCUT2D eigenvalue weighted by molar-refractivity contribution is 0.103. The molecule has 1 N–H and O–H groups in total. The highest BCUT2D eigenvalue weighted by Crippen LogP contribution is 2.27. The Morgan fingerprint density at radius 2 is 2.04 bits per heavy atom. The Bertz CT molecular complexity index is 923. The van der Waals surface area contributed by atoms with Crippen molar-refractivity contribution in [3.8, 4) is 5.69 Å². The van der Waals surface area contributed by atoms with Crippen LogP contribution in [-0.4, -0.2) is 20.4 Å². The van der Waals surface area contributed by atoms with Crippen molar-refractivity contribution >= 4 is 22.9 Å². The van der Waals surface area contributed by atoms with Crippen LogP contribution in [-0.2, 0) is 5.41 Å². The summed E-state index contributed by atoms with van der Waals surface area (Å²) in [5, 5.41) is 3.60. The second kappa shape index (κ2) is 6.40. The molecule has 0 unspecified atom stereocenters. The van der Waals surface area contributed by atoms with Crippen LogP contribution in [0.15, 0.2) is 36.8 Å². The largest absolute Gasteiger partial charge is 0.321 e. The van der Waals surface area contributed by atoms with Crippen LogP contribution in [0.5, 0.6) is 0 Å². The Morgan fingerprint density at radius 3 is 2.60 bits per heavy atom. The first-order valence-electron chi connectivity index (χ1n) is 7.83. The summed E-state index contributed by atoms with van der Waals surface area (Å²) in [5.41, 5.74) is 0.676. The van der Waals surface area contributed by atoms with E-state index in [2.05, 4.69) is 15.3 Å².